The van der Waals surface area contributed by atoms with Crippen molar-refractivity contribution in [1.82, 2.24) is 9.97 Å². The number of nitrogen functional groups attached to an aromatic ring is 1. The molecular formula is C19H26N4O3. The monoisotopic (exact) mass is 358 g/mol. The first-order chi connectivity index (χ1) is 12.5. The summed E-state index contributed by atoms with van der Waals surface area (Å²) < 4.78 is 5.29. The number of unbranched alkanes of at least 4 members (excludes halogenated alkanes) is 1. The lowest BCUT2D eigenvalue weighted by Gasteiger charge is -2.16. The molecule has 0 spiro atoms. The maximum Gasteiger partial charge on any atom is 0.303 e. The van der Waals surface area contributed by atoms with Crippen molar-refractivity contribution in [3.8, 4) is 5.75 Å². The molecule has 1 aromatic carbocycles. The van der Waals surface area contributed by atoms with E-state index in [4.69, 9.17) is 15.6 Å². The van der Waals surface area contributed by atoms with E-state index in [0.717, 1.165) is 36.3 Å². The first-order valence-electron chi connectivity index (χ1n) is 8.77. The Kier molecular flexibility index (Phi) is 7.20. The molecule has 140 valence electrons. The highest BCUT2D eigenvalue weighted by molar-refractivity contribution is 5.67. The highest BCUT2D eigenvalue weighted by atomic mass is 16.5. The number of aliphatic carboxylic acids is 1. The molecule has 1 heterocycles. The number of hydrogen-bond acceptors (Lipinski definition) is 6. The molecule has 0 aliphatic carbocycles. The first-order valence-corrected chi connectivity index (χ1v) is 8.77. The zero-order chi connectivity index (χ0) is 18.9. The zero-order valence-electron chi connectivity index (χ0n) is 15.3. The number of benzene rings is 1. The summed E-state index contributed by atoms with van der Waals surface area (Å²) in [5, 5.41) is 12.4. The molecular weight excluding hydrogens is 332 g/mol. The number of rotatable bonds is 10. The van der Waals surface area contributed by atoms with Gasteiger partial charge in [0.25, 0.3) is 0 Å². The van der Waals surface area contributed by atoms with E-state index in [9.17, 15) is 4.79 Å². The van der Waals surface area contributed by atoms with Gasteiger partial charge < -0.3 is 20.9 Å². The number of aryl methyl sites for hydroxylation is 1. The van der Waals surface area contributed by atoms with Gasteiger partial charge in [-0.25, -0.2) is 4.98 Å². The normalized spacial score (nSPS) is 10.5. The van der Waals surface area contributed by atoms with Gasteiger partial charge in [0.05, 0.1) is 19.2 Å². The molecule has 0 bridgehead atoms. The van der Waals surface area contributed by atoms with Crippen LogP contribution in [0.3, 0.4) is 0 Å². The van der Waals surface area contributed by atoms with Gasteiger partial charge >= 0.3 is 5.97 Å². The summed E-state index contributed by atoms with van der Waals surface area (Å²) in [7, 11) is 1.63. The van der Waals surface area contributed by atoms with Crippen molar-refractivity contribution in [2.75, 3.05) is 24.7 Å². The number of aromatic nitrogens is 2. The largest absolute Gasteiger partial charge is 0.497 e. The van der Waals surface area contributed by atoms with Crippen molar-refractivity contribution in [2.45, 2.75) is 39.0 Å². The van der Waals surface area contributed by atoms with Gasteiger partial charge in [-0.3, -0.25) is 4.79 Å². The maximum atomic E-state index is 11.0. The lowest BCUT2D eigenvalue weighted by molar-refractivity contribution is -0.136. The minimum absolute atomic E-state index is 0.00400. The molecule has 2 rings (SSSR count). The molecule has 7 heteroatoms. The summed E-state index contributed by atoms with van der Waals surface area (Å²) in [6, 6.07) is 7.75. The Balaban J connectivity index is 2.37. The quantitative estimate of drug-likeness (QED) is 0.560. The lowest BCUT2D eigenvalue weighted by atomic mass is 10.0. The van der Waals surface area contributed by atoms with Crippen LogP contribution in [0, 0.1) is 0 Å². The van der Waals surface area contributed by atoms with E-state index in [2.05, 4.69) is 22.2 Å². The molecule has 0 aliphatic rings. The molecule has 0 aliphatic heterocycles. The molecule has 26 heavy (non-hydrogen) atoms. The number of methoxy groups -OCH3 is 1. The molecule has 0 saturated carbocycles. The Morgan fingerprint density at radius 3 is 2.85 bits per heavy atom. The van der Waals surface area contributed by atoms with Crippen LogP contribution >= 0.6 is 0 Å². The summed E-state index contributed by atoms with van der Waals surface area (Å²) >= 11 is 0. The first kappa shape index (κ1) is 19.5. The number of anilines is 2. The highest BCUT2D eigenvalue weighted by Gasteiger charge is 2.15. The Bertz CT molecular complexity index is 750. The van der Waals surface area contributed by atoms with E-state index in [-0.39, 0.29) is 12.4 Å². The predicted octanol–water partition coefficient (Wildman–Crippen LogP) is 2.89. The summed E-state index contributed by atoms with van der Waals surface area (Å²) in [4.78, 5) is 19.7. The molecule has 0 unspecified atom stereocenters. The van der Waals surface area contributed by atoms with Gasteiger partial charge in [0.2, 0.25) is 5.95 Å². The van der Waals surface area contributed by atoms with E-state index in [1.54, 1.807) is 7.11 Å². The van der Waals surface area contributed by atoms with Gasteiger partial charge in [-0.1, -0.05) is 25.5 Å². The molecule has 0 fully saturated rings. The molecule has 4 N–H and O–H groups in total. The van der Waals surface area contributed by atoms with Crippen molar-refractivity contribution in [3.63, 3.8) is 0 Å². The van der Waals surface area contributed by atoms with Crippen LogP contribution in [0.15, 0.2) is 24.3 Å². The van der Waals surface area contributed by atoms with E-state index >= 15 is 0 Å². The standard InChI is InChI=1S/C19H26N4O3/c1-3-4-10-21-18-15(12-13-6-5-7-14(11-13)26-2)16(8-9-17(24)25)22-19(20)23-18/h5-7,11H,3-4,8-10,12H2,1-2H3,(H,24,25)(H3,20,21,22,23). The minimum Gasteiger partial charge on any atom is -0.497 e. The maximum absolute atomic E-state index is 11.0. The third-order valence-electron chi connectivity index (χ3n) is 4.02. The number of carboxylic acids is 1. The number of ether oxygens (including phenoxy) is 1. The van der Waals surface area contributed by atoms with Crippen LogP contribution in [-0.2, 0) is 17.6 Å². The molecule has 2 aromatic rings. The Labute approximate surface area is 153 Å². The Morgan fingerprint density at radius 2 is 2.15 bits per heavy atom. The second-order valence-corrected chi connectivity index (χ2v) is 6.06. The molecule has 7 nitrogen and oxygen atoms in total. The molecule has 1 aromatic heterocycles. The minimum atomic E-state index is -0.866. The lowest BCUT2D eigenvalue weighted by Crippen LogP contribution is -2.14. The highest BCUT2D eigenvalue weighted by Crippen LogP contribution is 2.24. The van der Waals surface area contributed by atoms with Crippen LogP contribution in [-0.4, -0.2) is 34.7 Å². The van der Waals surface area contributed by atoms with Crippen molar-refractivity contribution < 1.29 is 14.6 Å². The summed E-state index contributed by atoms with van der Waals surface area (Å²) in [5.41, 5.74) is 8.43. The van der Waals surface area contributed by atoms with Gasteiger partial charge in [-0.15, -0.1) is 0 Å². The van der Waals surface area contributed by atoms with Gasteiger partial charge in [0.1, 0.15) is 11.6 Å². The number of nitrogens with two attached hydrogens (primary N) is 1. The van der Waals surface area contributed by atoms with E-state index < -0.39 is 5.97 Å². The van der Waals surface area contributed by atoms with E-state index in [0.29, 0.717) is 24.4 Å². The second-order valence-electron chi connectivity index (χ2n) is 6.06. The van der Waals surface area contributed by atoms with Crippen LogP contribution < -0.4 is 15.8 Å². The fourth-order valence-electron chi connectivity index (χ4n) is 2.68. The van der Waals surface area contributed by atoms with Gasteiger partial charge in [0, 0.05) is 24.9 Å². The van der Waals surface area contributed by atoms with Crippen LogP contribution in [0.4, 0.5) is 11.8 Å². The fraction of sp³-hybridized carbons (Fsp3) is 0.421. The summed E-state index contributed by atoms with van der Waals surface area (Å²) in [6.45, 7) is 2.89. The van der Waals surface area contributed by atoms with Gasteiger partial charge in [-0.2, -0.15) is 4.98 Å². The second kappa shape index (κ2) is 9.60. The molecule has 0 atom stereocenters. The molecule has 0 amide bonds. The van der Waals surface area contributed by atoms with Crippen molar-refractivity contribution in [1.29, 1.82) is 0 Å². The number of hydrogen-bond donors (Lipinski definition) is 3. The van der Waals surface area contributed by atoms with Gasteiger partial charge in [-0.05, 0) is 24.1 Å². The average Bonchev–Trinajstić information content (AvgIpc) is 2.62. The van der Waals surface area contributed by atoms with E-state index in [1.807, 2.05) is 24.3 Å². The Morgan fingerprint density at radius 1 is 1.35 bits per heavy atom. The van der Waals surface area contributed by atoms with E-state index in [1.165, 1.54) is 0 Å². The number of nitrogens with zero attached hydrogens (tertiary/aromatic N) is 2. The van der Waals surface area contributed by atoms with Crippen LogP contribution in [0.1, 0.15) is 43.0 Å². The van der Waals surface area contributed by atoms with Crippen LogP contribution in [0.25, 0.3) is 0 Å². The molecule has 0 radical (unpaired) electrons. The third kappa shape index (κ3) is 5.61. The van der Waals surface area contributed by atoms with Crippen molar-refractivity contribution in [3.05, 3.63) is 41.1 Å². The number of nitrogens with one attached hydrogen (secondary N) is 1. The summed E-state index contributed by atoms with van der Waals surface area (Å²) in [5.74, 6) is 0.731. The fourth-order valence-corrected chi connectivity index (χ4v) is 2.68. The zero-order valence-corrected chi connectivity index (χ0v) is 15.3. The van der Waals surface area contributed by atoms with Crippen molar-refractivity contribution in [2.24, 2.45) is 0 Å². The SMILES string of the molecule is CCCCNc1nc(N)nc(CCC(=O)O)c1Cc1cccc(OC)c1. The Hall–Kier alpha value is -2.83. The topological polar surface area (TPSA) is 110 Å². The molecule has 0 saturated heterocycles. The van der Waals surface area contributed by atoms with Crippen molar-refractivity contribution >= 4 is 17.7 Å². The smallest absolute Gasteiger partial charge is 0.303 e. The number of carbonyl (C=O) groups is 1. The third-order valence-corrected chi connectivity index (χ3v) is 4.02. The van der Waals surface area contributed by atoms with Crippen LogP contribution in [0.5, 0.6) is 5.75 Å². The summed E-state index contributed by atoms with van der Waals surface area (Å²) in [6.07, 6.45) is 2.94. The van der Waals surface area contributed by atoms with Gasteiger partial charge in [0.15, 0.2) is 0 Å². The number of carboxylic acid groups (broad SMARTS) is 1. The predicted molar refractivity (Wildman–Crippen MR) is 102 cm³/mol. The van der Waals surface area contributed by atoms with Crippen LogP contribution in [0.2, 0.25) is 0 Å². The average molecular weight is 358 g/mol.